The smallest absolute Gasteiger partial charge is 0.330 e. The largest absolute Gasteiger partial charge is 0.479 e. The summed E-state index contributed by atoms with van der Waals surface area (Å²) in [6, 6.07) is 9.28. The van der Waals surface area contributed by atoms with Crippen molar-refractivity contribution < 1.29 is 19.1 Å². The summed E-state index contributed by atoms with van der Waals surface area (Å²) in [6.07, 6.45) is 3.09. The van der Waals surface area contributed by atoms with Gasteiger partial charge in [-0.25, -0.2) is 4.79 Å². The summed E-state index contributed by atoms with van der Waals surface area (Å²) in [5.41, 5.74) is 1.53. The molecule has 1 amide bonds. The second kappa shape index (κ2) is 8.19. The molecular formula is C20H24N2O4. The lowest BCUT2D eigenvalue weighted by atomic mass is 10.1. The Morgan fingerprint density at radius 3 is 2.54 bits per heavy atom. The van der Waals surface area contributed by atoms with E-state index in [1.54, 1.807) is 36.4 Å². The zero-order chi connectivity index (χ0) is 18.5. The molecule has 0 spiro atoms. The van der Waals surface area contributed by atoms with Gasteiger partial charge in [0.15, 0.2) is 11.8 Å². The minimum Gasteiger partial charge on any atom is -0.479 e. The van der Waals surface area contributed by atoms with E-state index >= 15 is 0 Å². The van der Waals surface area contributed by atoms with E-state index in [1.165, 1.54) is 12.8 Å². The number of carboxylic acid groups (broad SMARTS) is 1. The van der Waals surface area contributed by atoms with Gasteiger partial charge in [-0.05, 0) is 37.6 Å². The maximum absolute atomic E-state index is 12.6. The zero-order valence-electron chi connectivity index (χ0n) is 14.9. The van der Waals surface area contributed by atoms with Crippen molar-refractivity contribution in [2.75, 3.05) is 13.1 Å². The molecule has 138 valence electrons. The zero-order valence-corrected chi connectivity index (χ0v) is 14.9. The number of carbonyl (C=O) groups is 2. The van der Waals surface area contributed by atoms with Crippen molar-refractivity contribution in [2.45, 2.75) is 38.8 Å². The van der Waals surface area contributed by atoms with Gasteiger partial charge < -0.3 is 14.8 Å². The topological polar surface area (TPSA) is 82.8 Å². The molecule has 2 aromatic rings. The lowest BCUT2D eigenvalue weighted by Crippen LogP contribution is -2.33. The van der Waals surface area contributed by atoms with Gasteiger partial charge in [-0.2, -0.15) is 0 Å². The van der Waals surface area contributed by atoms with Crippen molar-refractivity contribution in [3.05, 3.63) is 59.0 Å². The molecule has 26 heavy (non-hydrogen) atoms. The van der Waals surface area contributed by atoms with Crippen molar-refractivity contribution in [3.63, 3.8) is 0 Å². The van der Waals surface area contributed by atoms with E-state index in [4.69, 9.17) is 4.42 Å². The number of carboxylic acids is 1. The molecule has 2 heterocycles. The van der Waals surface area contributed by atoms with Crippen LogP contribution >= 0.6 is 0 Å². The summed E-state index contributed by atoms with van der Waals surface area (Å²) in [4.78, 5) is 26.5. The highest BCUT2D eigenvalue weighted by Crippen LogP contribution is 2.22. The van der Waals surface area contributed by atoms with E-state index in [1.807, 2.05) is 6.92 Å². The van der Waals surface area contributed by atoms with Crippen LogP contribution in [0.1, 0.15) is 53.2 Å². The molecule has 1 aromatic heterocycles. The highest BCUT2D eigenvalue weighted by molar-refractivity contribution is 5.94. The number of rotatable bonds is 7. The number of carbonyl (C=O) groups excluding carboxylic acids is 1. The van der Waals surface area contributed by atoms with Crippen LogP contribution in [0.5, 0.6) is 0 Å². The van der Waals surface area contributed by atoms with Gasteiger partial charge in [0, 0.05) is 18.5 Å². The Bertz CT molecular complexity index is 763. The van der Waals surface area contributed by atoms with Crippen molar-refractivity contribution in [2.24, 2.45) is 0 Å². The third-order valence-electron chi connectivity index (χ3n) is 4.69. The van der Waals surface area contributed by atoms with E-state index in [9.17, 15) is 14.7 Å². The van der Waals surface area contributed by atoms with Gasteiger partial charge >= 0.3 is 5.97 Å². The number of benzene rings is 1. The standard InChI is InChI=1S/C20H24N2O4/c1-2-16-15(13-22-10-6-7-11-22)12-17(26-16)19(23)21-18(20(24)25)14-8-4-3-5-9-14/h3-5,8-9,12,18H,2,6-7,10-11,13H2,1H3,(H,21,23)(H,24,25)/t18-/m0/s1. The number of aliphatic carboxylic acids is 1. The predicted octanol–water partition coefficient (Wildman–Crippen LogP) is 2.99. The Hall–Kier alpha value is -2.60. The van der Waals surface area contributed by atoms with Gasteiger partial charge in [-0.3, -0.25) is 9.69 Å². The minimum atomic E-state index is -1.11. The molecule has 0 bridgehead atoms. The SMILES string of the molecule is CCc1oc(C(=O)N[C@H](C(=O)O)c2ccccc2)cc1CN1CCCC1. The molecule has 0 unspecified atom stereocenters. The Balaban J connectivity index is 1.76. The molecular weight excluding hydrogens is 332 g/mol. The lowest BCUT2D eigenvalue weighted by molar-refractivity contribution is -0.139. The first kappa shape index (κ1) is 18.2. The van der Waals surface area contributed by atoms with E-state index in [-0.39, 0.29) is 5.76 Å². The normalized spacial score (nSPS) is 15.7. The van der Waals surface area contributed by atoms with Crippen LogP contribution in [0.4, 0.5) is 0 Å². The Labute approximate surface area is 152 Å². The molecule has 1 aromatic carbocycles. The first-order valence-corrected chi connectivity index (χ1v) is 9.01. The number of amides is 1. The highest BCUT2D eigenvalue weighted by Gasteiger charge is 2.25. The molecule has 1 atom stereocenters. The van der Waals surface area contributed by atoms with Gasteiger partial charge in [-0.15, -0.1) is 0 Å². The minimum absolute atomic E-state index is 0.165. The summed E-state index contributed by atoms with van der Waals surface area (Å²) in [6.45, 7) is 4.87. The number of hydrogen-bond donors (Lipinski definition) is 2. The average Bonchev–Trinajstić information content (AvgIpc) is 3.30. The second-order valence-electron chi connectivity index (χ2n) is 6.55. The summed E-state index contributed by atoms with van der Waals surface area (Å²) in [5.74, 6) is -0.667. The average molecular weight is 356 g/mol. The van der Waals surface area contributed by atoms with Crippen LogP contribution in [0, 0.1) is 0 Å². The fourth-order valence-electron chi connectivity index (χ4n) is 3.33. The highest BCUT2D eigenvalue weighted by atomic mass is 16.4. The van der Waals surface area contributed by atoms with E-state index in [0.29, 0.717) is 12.0 Å². The predicted molar refractivity (Wildman–Crippen MR) is 96.9 cm³/mol. The fourth-order valence-corrected chi connectivity index (χ4v) is 3.33. The molecule has 1 aliphatic heterocycles. The Morgan fingerprint density at radius 2 is 1.92 bits per heavy atom. The van der Waals surface area contributed by atoms with E-state index < -0.39 is 17.9 Å². The summed E-state index contributed by atoms with van der Waals surface area (Å²) < 4.78 is 5.72. The van der Waals surface area contributed by atoms with E-state index in [2.05, 4.69) is 10.2 Å². The number of aryl methyl sites for hydroxylation is 1. The lowest BCUT2D eigenvalue weighted by Gasteiger charge is -2.14. The third kappa shape index (κ3) is 4.14. The van der Waals surface area contributed by atoms with Crippen molar-refractivity contribution >= 4 is 11.9 Å². The van der Waals surface area contributed by atoms with Gasteiger partial charge in [0.05, 0.1) is 0 Å². The number of nitrogens with one attached hydrogen (secondary N) is 1. The van der Waals surface area contributed by atoms with E-state index in [0.717, 1.165) is 31.0 Å². The second-order valence-corrected chi connectivity index (χ2v) is 6.55. The maximum atomic E-state index is 12.6. The molecule has 2 N–H and O–H groups in total. The Morgan fingerprint density at radius 1 is 1.23 bits per heavy atom. The number of likely N-dealkylation sites (tertiary alicyclic amines) is 1. The van der Waals surface area contributed by atoms with Crippen LogP contribution in [-0.4, -0.2) is 35.0 Å². The molecule has 1 fully saturated rings. The number of nitrogens with zero attached hydrogens (tertiary/aromatic N) is 1. The van der Waals surface area contributed by atoms with Crippen LogP contribution < -0.4 is 5.32 Å². The van der Waals surface area contributed by atoms with Crippen molar-refractivity contribution in [3.8, 4) is 0 Å². The molecule has 0 radical (unpaired) electrons. The molecule has 0 saturated carbocycles. The summed E-state index contributed by atoms with van der Waals surface area (Å²) in [5, 5.41) is 12.0. The molecule has 0 aliphatic carbocycles. The van der Waals surface area contributed by atoms with Crippen LogP contribution in [0.2, 0.25) is 0 Å². The van der Waals surface area contributed by atoms with Crippen LogP contribution in [0.25, 0.3) is 0 Å². The third-order valence-corrected chi connectivity index (χ3v) is 4.69. The molecule has 3 rings (SSSR count). The van der Waals surface area contributed by atoms with Crippen molar-refractivity contribution in [1.82, 2.24) is 10.2 Å². The van der Waals surface area contributed by atoms with Crippen LogP contribution in [0.15, 0.2) is 40.8 Å². The monoisotopic (exact) mass is 356 g/mol. The van der Waals surface area contributed by atoms with Gasteiger partial charge in [-0.1, -0.05) is 37.3 Å². The van der Waals surface area contributed by atoms with Crippen molar-refractivity contribution in [1.29, 1.82) is 0 Å². The number of hydrogen-bond acceptors (Lipinski definition) is 4. The molecule has 6 nitrogen and oxygen atoms in total. The Kier molecular flexibility index (Phi) is 5.73. The quantitative estimate of drug-likeness (QED) is 0.797. The summed E-state index contributed by atoms with van der Waals surface area (Å²) >= 11 is 0. The summed E-state index contributed by atoms with van der Waals surface area (Å²) in [7, 11) is 0. The molecule has 6 heteroatoms. The molecule has 1 aliphatic rings. The van der Waals surface area contributed by atoms with Gasteiger partial charge in [0.2, 0.25) is 0 Å². The first-order valence-electron chi connectivity index (χ1n) is 9.01. The van der Waals surface area contributed by atoms with Crippen LogP contribution in [-0.2, 0) is 17.8 Å². The first-order chi connectivity index (χ1) is 12.6. The number of furan rings is 1. The van der Waals surface area contributed by atoms with Gasteiger partial charge in [0.1, 0.15) is 5.76 Å². The fraction of sp³-hybridized carbons (Fsp3) is 0.400. The maximum Gasteiger partial charge on any atom is 0.330 e. The van der Waals surface area contributed by atoms with Crippen LogP contribution in [0.3, 0.4) is 0 Å². The van der Waals surface area contributed by atoms with Gasteiger partial charge in [0.25, 0.3) is 5.91 Å². The molecule has 1 saturated heterocycles.